The predicted octanol–water partition coefficient (Wildman–Crippen LogP) is 3.28. The highest BCUT2D eigenvalue weighted by Gasteiger charge is 2.18. The zero-order valence-electron chi connectivity index (χ0n) is 12.5. The Morgan fingerprint density at radius 2 is 1.90 bits per heavy atom. The van der Waals surface area contributed by atoms with Gasteiger partial charge in [-0.25, -0.2) is 9.59 Å². The Morgan fingerprint density at radius 3 is 2.35 bits per heavy atom. The maximum absolute atomic E-state index is 11.7. The fraction of sp³-hybridized carbons (Fsp3) is 0.467. The lowest BCUT2D eigenvalue weighted by Gasteiger charge is -2.22. The van der Waals surface area contributed by atoms with Gasteiger partial charge in [0.1, 0.15) is 5.60 Å². The first-order chi connectivity index (χ1) is 9.10. The van der Waals surface area contributed by atoms with E-state index < -0.39 is 17.7 Å². The van der Waals surface area contributed by atoms with Crippen LogP contribution in [0.4, 0.5) is 4.79 Å². The molecule has 1 aromatic rings. The number of rotatable bonds is 3. The molecule has 1 rings (SSSR count). The van der Waals surface area contributed by atoms with Crippen molar-refractivity contribution in [1.82, 2.24) is 5.32 Å². The molecule has 0 spiro atoms. The van der Waals surface area contributed by atoms with Gasteiger partial charge in [-0.1, -0.05) is 12.1 Å². The number of aryl methyl sites for hydroxylation is 1. The predicted molar refractivity (Wildman–Crippen MR) is 75.9 cm³/mol. The van der Waals surface area contributed by atoms with Crippen LogP contribution in [0.25, 0.3) is 0 Å². The first-order valence-corrected chi connectivity index (χ1v) is 6.43. The lowest BCUT2D eigenvalue weighted by molar-refractivity contribution is 0.0507. The Hall–Kier alpha value is -2.04. The Balaban J connectivity index is 2.78. The van der Waals surface area contributed by atoms with Crippen molar-refractivity contribution in [3.8, 4) is 0 Å². The van der Waals surface area contributed by atoms with Crippen molar-refractivity contribution < 1.29 is 19.4 Å². The number of carbonyl (C=O) groups excluding carboxylic acids is 1. The average Bonchev–Trinajstić information content (AvgIpc) is 2.25. The van der Waals surface area contributed by atoms with Crippen LogP contribution in [0, 0.1) is 6.92 Å². The van der Waals surface area contributed by atoms with Gasteiger partial charge in [0.25, 0.3) is 0 Å². The lowest BCUT2D eigenvalue weighted by Crippen LogP contribution is -2.34. The Labute approximate surface area is 118 Å². The minimum absolute atomic E-state index is 0.258. The molecule has 1 amide bonds. The third-order valence-corrected chi connectivity index (χ3v) is 2.71. The number of carboxylic acids is 1. The van der Waals surface area contributed by atoms with E-state index in [1.807, 2.05) is 6.92 Å². The van der Waals surface area contributed by atoms with Gasteiger partial charge in [0.2, 0.25) is 0 Å². The van der Waals surface area contributed by atoms with Crippen LogP contribution in [0.15, 0.2) is 18.2 Å². The topological polar surface area (TPSA) is 75.6 Å². The summed E-state index contributed by atoms with van der Waals surface area (Å²) in [4.78, 5) is 22.6. The number of alkyl carbamates (subject to hydrolysis) is 1. The van der Waals surface area contributed by atoms with Crippen LogP contribution in [-0.2, 0) is 4.74 Å². The van der Waals surface area contributed by atoms with Gasteiger partial charge in [-0.15, -0.1) is 0 Å². The molecule has 0 aliphatic carbocycles. The van der Waals surface area contributed by atoms with Gasteiger partial charge in [0, 0.05) is 0 Å². The maximum atomic E-state index is 11.7. The lowest BCUT2D eigenvalue weighted by atomic mass is 10.0. The standard InChI is InChI=1S/C15H21NO4/c1-9-8-11(6-7-12(9)13(17)18)10(2)16-14(19)20-15(3,4)5/h6-8,10H,1-5H3,(H,16,19)(H,17,18)/t10-/m1/s1. The quantitative estimate of drug-likeness (QED) is 0.890. The summed E-state index contributed by atoms with van der Waals surface area (Å²) in [5.41, 5.74) is 1.21. The van der Waals surface area contributed by atoms with Crippen molar-refractivity contribution in [3.05, 3.63) is 34.9 Å². The fourth-order valence-electron chi connectivity index (χ4n) is 1.76. The second kappa shape index (κ2) is 5.94. The fourth-order valence-corrected chi connectivity index (χ4v) is 1.76. The number of amides is 1. The molecule has 0 saturated carbocycles. The molecule has 0 radical (unpaired) electrons. The highest BCUT2D eigenvalue weighted by molar-refractivity contribution is 5.89. The highest BCUT2D eigenvalue weighted by Crippen LogP contribution is 2.18. The summed E-state index contributed by atoms with van der Waals surface area (Å²) in [6.45, 7) is 8.93. The summed E-state index contributed by atoms with van der Waals surface area (Å²) in [7, 11) is 0. The summed E-state index contributed by atoms with van der Waals surface area (Å²) in [6.07, 6.45) is -0.495. The van der Waals surface area contributed by atoms with Gasteiger partial charge in [0.15, 0.2) is 0 Å². The van der Waals surface area contributed by atoms with Crippen molar-refractivity contribution >= 4 is 12.1 Å². The van der Waals surface area contributed by atoms with E-state index in [-0.39, 0.29) is 11.6 Å². The summed E-state index contributed by atoms with van der Waals surface area (Å²) < 4.78 is 5.18. The van der Waals surface area contributed by atoms with Gasteiger partial charge in [0.05, 0.1) is 11.6 Å². The van der Waals surface area contributed by atoms with Crippen LogP contribution >= 0.6 is 0 Å². The number of aromatic carboxylic acids is 1. The Kier molecular flexibility index (Phi) is 4.76. The molecule has 20 heavy (non-hydrogen) atoms. The first-order valence-electron chi connectivity index (χ1n) is 6.43. The molecule has 1 aromatic carbocycles. The van der Waals surface area contributed by atoms with E-state index in [4.69, 9.17) is 9.84 Å². The molecule has 0 saturated heterocycles. The number of hydrogen-bond donors (Lipinski definition) is 2. The van der Waals surface area contributed by atoms with Gasteiger partial charge < -0.3 is 15.2 Å². The molecule has 0 fully saturated rings. The van der Waals surface area contributed by atoms with Crippen LogP contribution in [0.1, 0.15) is 55.2 Å². The van der Waals surface area contributed by atoms with E-state index in [2.05, 4.69) is 5.32 Å². The smallest absolute Gasteiger partial charge is 0.408 e. The molecular formula is C15H21NO4. The van der Waals surface area contributed by atoms with Gasteiger partial charge in [-0.05, 0) is 51.8 Å². The number of ether oxygens (including phenoxy) is 1. The van der Waals surface area contributed by atoms with Crippen LogP contribution in [0.5, 0.6) is 0 Å². The molecule has 0 aliphatic rings. The third kappa shape index (κ3) is 4.57. The molecule has 0 bridgehead atoms. The van der Waals surface area contributed by atoms with Crippen LogP contribution in [0.2, 0.25) is 0 Å². The monoisotopic (exact) mass is 279 g/mol. The number of nitrogens with one attached hydrogen (secondary N) is 1. The summed E-state index contributed by atoms with van der Waals surface area (Å²) in [5.74, 6) is -0.957. The molecule has 2 N–H and O–H groups in total. The van der Waals surface area contributed by atoms with E-state index in [9.17, 15) is 9.59 Å². The highest BCUT2D eigenvalue weighted by atomic mass is 16.6. The van der Waals surface area contributed by atoms with Gasteiger partial charge >= 0.3 is 12.1 Å². The van der Waals surface area contributed by atoms with E-state index in [1.165, 1.54) is 0 Å². The van der Waals surface area contributed by atoms with Crippen molar-refractivity contribution in [2.75, 3.05) is 0 Å². The number of benzene rings is 1. The summed E-state index contributed by atoms with van der Waals surface area (Å²) in [6, 6.07) is 4.73. The molecule has 0 unspecified atom stereocenters. The third-order valence-electron chi connectivity index (χ3n) is 2.71. The van der Waals surface area contributed by atoms with Gasteiger partial charge in [-0.2, -0.15) is 0 Å². The number of hydrogen-bond acceptors (Lipinski definition) is 3. The van der Waals surface area contributed by atoms with Crippen LogP contribution in [-0.4, -0.2) is 22.8 Å². The van der Waals surface area contributed by atoms with Crippen molar-refractivity contribution in [2.45, 2.75) is 46.3 Å². The summed E-state index contributed by atoms with van der Waals surface area (Å²) >= 11 is 0. The molecule has 0 heterocycles. The second-order valence-electron chi connectivity index (χ2n) is 5.75. The maximum Gasteiger partial charge on any atom is 0.408 e. The minimum atomic E-state index is -0.957. The van der Waals surface area contributed by atoms with Crippen molar-refractivity contribution in [2.24, 2.45) is 0 Å². The molecule has 5 nitrogen and oxygen atoms in total. The Morgan fingerprint density at radius 1 is 1.30 bits per heavy atom. The molecule has 110 valence electrons. The minimum Gasteiger partial charge on any atom is -0.478 e. The first kappa shape index (κ1) is 16.0. The normalized spacial score (nSPS) is 12.7. The molecular weight excluding hydrogens is 258 g/mol. The summed E-state index contributed by atoms with van der Waals surface area (Å²) in [5, 5.41) is 11.7. The van der Waals surface area contributed by atoms with E-state index >= 15 is 0 Å². The van der Waals surface area contributed by atoms with E-state index in [1.54, 1.807) is 45.9 Å². The zero-order chi connectivity index (χ0) is 15.5. The number of carbonyl (C=O) groups is 2. The van der Waals surface area contributed by atoms with E-state index in [0.717, 1.165) is 5.56 Å². The van der Waals surface area contributed by atoms with Crippen molar-refractivity contribution in [3.63, 3.8) is 0 Å². The van der Waals surface area contributed by atoms with Crippen LogP contribution in [0.3, 0.4) is 0 Å². The Bertz CT molecular complexity index is 517. The molecule has 1 atom stereocenters. The SMILES string of the molecule is Cc1cc([C@@H](C)NC(=O)OC(C)(C)C)ccc1C(=O)O. The van der Waals surface area contributed by atoms with Crippen molar-refractivity contribution in [1.29, 1.82) is 0 Å². The molecule has 0 aromatic heterocycles. The largest absolute Gasteiger partial charge is 0.478 e. The van der Waals surface area contributed by atoms with Crippen LogP contribution < -0.4 is 5.32 Å². The zero-order valence-corrected chi connectivity index (χ0v) is 12.5. The number of carboxylic acid groups (broad SMARTS) is 1. The van der Waals surface area contributed by atoms with E-state index in [0.29, 0.717) is 5.56 Å². The second-order valence-corrected chi connectivity index (χ2v) is 5.75. The molecule has 0 aliphatic heterocycles. The molecule has 5 heteroatoms. The van der Waals surface area contributed by atoms with Gasteiger partial charge in [-0.3, -0.25) is 0 Å². The average molecular weight is 279 g/mol.